The Morgan fingerprint density at radius 1 is 1.27 bits per heavy atom. The van der Waals surface area contributed by atoms with Gasteiger partial charge in [-0.1, -0.05) is 41.4 Å². The molecule has 1 fully saturated rings. The number of halogens is 4. The van der Waals surface area contributed by atoms with Gasteiger partial charge in [0.05, 0.1) is 10.6 Å². The van der Waals surface area contributed by atoms with Crippen LogP contribution >= 0.6 is 23.2 Å². The van der Waals surface area contributed by atoms with Gasteiger partial charge < -0.3 is 10.8 Å². The van der Waals surface area contributed by atoms with Crippen molar-refractivity contribution >= 4 is 29.2 Å². The third-order valence-corrected chi connectivity index (χ3v) is 5.50. The van der Waals surface area contributed by atoms with Crippen LogP contribution in [0.25, 0.3) is 0 Å². The zero-order chi connectivity index (χ0) is 19.2. The number of aliphatic carboxylic acids is 1. The maximum absolute atomic E-state index is 14.7. The highest BCUT2D eigenvalue weighted by Gasteiger charge is 2.56. The Morgan fingerprint density at radius 3 is 2.58 bits per heavy atom. The summed E-state index contributed by atoms with van der Waals surface area (Å²) in [7, 11) is 0. The fourth-order valence-corrected chi connectivity index (χ4v) is 4.04. The predicted octanol–water partition coefficient (Wildman–Crippen LogP) is 3.65. The number of hydrogen-bond acceptors (Lipinski definition) is 3. The Balaban J connectivity index is 2.27. The summed E-state index contributed by atoms with van der Waals surface area (Å²) in [6.07, 6.45) is 0. The third-order valence-electron chi connectivity index (χ3n) is 4.97. The lowest BCUT2D eigenvalue weighted by molar-refractivity contribution is -0.139. The van der Waals surface area contributed by atoms with E-state index in [0.717, 1.165) is 6.07 Å². The smallest absolute Gasteiger partial charge is 0.321 e. The van der Waals surface area contributed by atoms with E-state index in [1.165, 1.54) is 30.3 Å². The van der Waals surface area contributed by atoms with Crippen LogP contribution in [-0.4, -0.2) is 23.2 Å². The number of benzene rings is 2. The average molecular weight is 401 g/mol. The van der Waals surface area contributed by atoms with E-state index in [9.17, 15) is 18.7 Å². The first-order chi connectivity index (χ1) is 12.2. The van der Waals surface area contributed by atoms with E-state index in [1.807, 2.05) is 0 Å². The minimum atomic E-state index is -1.54. The van der Waals surface area contributed by atoms with Crippen molar-refractivity contribution in [2.75, 3.05) is 0 Å². The van der Waals surface area contributed by atoms with Gasteiger partial charge in [0.1, 0.15) is 17.7 Å². The van der Waals surface area contributed by atoms with Crippen LogP contribution in [-0.2, 0) is 10.3 Å². The molecule has 4 unspecified atom stereocenters. The SMILES string of the molecule is CC1NC(C(=O)O)C(c2cccc(Cl)c2F)C1(N)c1ccc(Cl)cc1F. The highest BCUT2D eigenvalue weighted by atomic mass is 35.5. The summed E-state index contributed by atoms with van der Waals surface area (Å²) in [5, 5.41) is 12.5. The van der Waals surface area contributed by atoms with E-state index in [2.05, 4.69) is 5.32 Å². The molecule has 1 saturated heterocycles. The van der Waals surface area contributed by atoms with Crippen LogP contribution < -0.4 is 11.1 Å². The number of carboxylic acids is 1. The summed E-state index contributed by atoms with van der Waals surface area (Å²) in [6, 6.07) is 6.33. The minimum Gasteiger partial charge on any atom is -0.480 e. The molecule has 0 saturated carbocycles. The monoisotopic (exact) mass is 400 g/mol. The molecule has 1 aliphatic rings. The van der Waals surface area contributed by atoms with Gasteiger partial charge in [0.15, 0.2) is 0 Å². The molecule has 0 aromatic heterocycles. The van der Waals surface area contributed by atoms with Crippen molar-refractivity contribution in [1.29, 1.82) is 0 Å². The molecule has 0 spiro atoms. The van der Waals surface area contributed by atoms with Gasteiger partial charge in [-0.3, -0.25) is 10.1 Å². The van der Waals surface area contributed by atoms with Crippen molar-refractivity contribution in [2.45, 2.75) is 30.5 Å². The summed E-state index contributed by atoms with van der Waals surface area (Å²) < 4.78 is 29.4. The van der Waals surface area contributed by atoms with Crippen LogP contribution in [0.2, 0.25) is 10.0 Å². The van der Waals surface area contributed by atoms with Crippen LogP contribution in [0.1, 0.15) is 24.0 Å². The second-order valence-corrected chi connectivity index (χ2v) is 7.23. The molecular formula is C18H16Cl2F2N2O2. The molecule has 138 valence electrons. The Morgan fingerprint density at radius 2 is 1.96 bits per heavy atom. The fourth-order valence-electron chi connectivity index (χ4n) is 3.70. The minimum absolute atomic E-state index is 0.0126. The van der Waals surface area contributed by atoms with Crippen molar-refractivity contribution in [3.8, 4) is 0 Å². The highest BCUT2D eigenvalue weighted by Crippen LogP contribution is 2.47. The van der Waals surface area contributed by atoms with Crippen molar-refractivity contribution < 1.29 is 18.7 Å². The van der Waals surface area contributed by atoms with Gasteiger partial charge in [-0.15, -0.1) is 0 Å². The fraction of sp³-hybridized carbons (Fsp3) is 0.278. The molecule has 4 N–H and O–H groups in total. The lowest BCUT2D eigenvalue weighted by Crippen LogP contribution is -2.50. The third kappa shape index (κ3) is 2.87. The van der Waals surface area contributed by atoms with E-state index in [1.54, 1.807) is 6.92 Å². The highest BCUT2D eigenvalue weighted by molar-refractivity contribution is 6.31. The Bertz CT molecular complexity index is 880. The molecule has 1 aliphatic heterocycles. The molecular weight excluding hydrogens is 385 g/mol. The van der Waals surface area contributed by atoms with Crippen molar-refractivity contribution in [3.05, 3.63) is 69.2 Å². The molecule has 0 radical (unpaired) electrons. The summed E-state index contributed by atoms with van der Waals surface area (Å²) in [6.45, 7) is 1.63. The first-order valence-electron chi connectivity index (χ1n) is 7.85. The van der Waals surface area contributed by atoms with Gasteiger partial charge in [0, 0.05) is 22.5 Å². The van der Waals surface area contributed by atoms with Gasteiger partial charge in [0.2, 0.25) is 0 Å². The number of carbonyl (C=O) groups is 1. The molecule has 0 aliphatic carbocycles. The predicted molar refractivity (Wildman–Crippen MR) is 95.4 cm³/mol. The van der Waals surface area contributed by atoms with Gasteiger partial charge >= 0.3 is 5.97 Å². The van der Waals surface area contributed by atoms with Crippen LogP contribution in [0.15, 0.2) is 36.4 Å². The average Bonchev–Trinajstić information content (AvgIpc) is 2.83. The summed E-state index contributed by atoms with van der Waals surface area (Å²) in [5.41, 5.74) is 5.10. The topological polar surface area (TPSA) is 75.3 Å². The number of nitrogens with two attached hydrogens (primary N) is 1. The number of carboxylic acid groups (broad SMARTS) is 1. The quantitative estimate of drug-likeness (QED) is 0.734. The Kier molecular flexibility index (Phi) is 4.96. The van der Waals surface area contributed by atoms with E-state index < -0.39 is 41.1 Å². The molecule has 26 heavy (non-hydrogen) atoms. The summed E-state index contributed by atoms with van der Waals surface area (Å²) >= 11 is 11.7. The molecule has 0 amide bonds. The van der Waals surface area contributed by atoms with Crippen molar-refractivity contribution in [1.82, 2.24) is 5.32 Å². The second kappa shape index (κ2) is 6.78. The maximum atomic E-state index is 14.7. The molecule has 2 aromatic rings. The van der Waals surface area contributed by atoms with E-state index in [-0.39, 0.29) is 21.2 Å². The molecule has 3 rings (SSSR count). The van der Waals surface area contributed by atoms with Gasteiger partial charge in [0.25, 0.3) is 0 Å². The van der Waals surface area contributed by atoms with Crippen LogP contribution in [0.4, 0.5) is 8.78 Å². The van der Waals surface area contributed by atoms with Crippen LogP contribution in [0.3, 0.4) is 0 Å². The van der Waals surface area contributed by atoms with Gasteiger partial charge in [-0.25, -0.2) is 8.78 Å². The normalized spacial score (nSPS) is 28.3. The zero-order valence-corrected chi connectivity index (χ0v) is 15.2. The largest absolute Gasteiger partial charge is 0.480 e. The standard InChI is InChI=1S/C18H16Cl2F2N2O2/c1-8-18(23,11-6-5-9(19)7-13(11)21)14(16(24-8)17(25)26)10-3-2-4-12(20)15(10)22/h2-8,14,16,24H,23H2,1H3,(H,25,26). The molecule has 0 bridgehead atoms. The molecule has 1 heterocycles. The van der Waals surface area contributed by atoms with Crippen LogP contribution in [0.5, 0.6) is 0 Å². The Hall–Kier alpha value is -1.73. The summed E-state index contributed by atoms with van der Waals surface area (Å²) in [4.78, 5) is 11.8. The number of hydrogen-bond donors (Lipinski definition) is 3. The molecule has 4 nitrogen and oxygen atoms in total. The van der Waals surface area contributed by atoms with Gasteiger partial charge in [-0.2, -0.15) is 0 Å². The molecule has 2 aromatic carbocycles. The van der Waals surface area contributed by atoms with Crippen LogP contribution in [0, 0.1) is 11.6 Å². The van der Waals surface area contributed by atoms with E-state index >= 15 is 0 Å². The van der Waals surface area contributed by atoms with Crippen molar-refractivity contribution in [3.63, 3.8) is 0 Å². The van der Waals surface area contributed by atoms with E-state index in [0.29, 0.717) is 0 Å². The lowest BCUT2D eigenvalue weighted by atomic mass is 9.71. The van der Waals surface area contributed by atoms with Crippen molar-refractivity contribution in [2.24, 2.45) is 5.73 Å². The summed E-state index contributed by atoms with van der Waals surface area (Å²) in [5.74, 6) is -3.77. The number of rotatable bonds is 3. The first-order valence-corrected chi connectivity index (χ1v) is 8.60. The number of nitrogens with one attached hydrogen (secondary N) is 1. The maximum Gasteiger partial charge on any atom is 0.321 e. The first kappa shape index (κ1) is 19.0. The zero-order valence-electron chi connectivity index (χ0n) is 13.6. The lowest BCUT2D eigenvalue weighted by Gasteiger charge is -2.36. The Labute approximate surface area is 158 Å². The molecule has 8 heteroatoms. The molecule has 4 atom stereocenters. The van der Waals surface area contributed by atoms with E-state index in [4.69, 9.17) is 28.9 Å². The second-order valence-electron chi connectivity index (χ2n) is 6.38. The van der Waals surface area contributed by atoms with Gasteiger partial charge in [-0.05, 0) is 30.7 Å².